The van der Waals surface area contributed by atoms with Crippen LogP contribution in [0.25, 0.3) is 0 Å². The van der Waals surface area contributed by atoms with Gasteiger partial charge in [0.2, 0.25) is 0 Å². The van der Waals surface area contributed by atoms with Gasteiger partial charge in [0.25, 0.3) is 0 Å². The lowest BCUT2D eigenvalue weighted by molar-refractivity contribution is 0.700. The Kier molecular flexibility index (Phi) is 2.54. The quantitative estimate of drug-likeness (QED) is 0.800. The minimum atomic E-state index is 0.816. The van der Waals surface area contributed by atoms with Crippen LogP contribution in [0, 0.1) is 5.92 Å². The number of fused-ring (bicyclic) bond motifs is 1. The molecule has 1 aromatic rings. The van der Waals surface area contributed by atoms with Crippen LogP contribution in [-0.2, 0) is 0 Å². The fourth-order valence-corrected chi connectivity index (χ4v) is 2.98. The SMILES string of the molecule is Clc1ccc2c(c1)SNCN2CC1CC1. The first-order chi connectivity index (χ1) is 7.33. The molecular weight excluding hydrogens is 228 g/mol. The average Bonchev–Trinajstić information content (AvgIpc) is 3.01. The van der Waals surface area contributed by atoms with E-state index in [1.165, 1.54) is 30.0 Å². The smallest absolute Gasteiger partial charge is 0.0778 e. The van der Waals surface area contributed by atoms with Crippen molar-refractivity contribution in [2.45, 2.75) is 17.7 Å². The molecule has 1 aliphatic carbocycles. The van der Waals surface area contributed by atoms with Gasteiger partial charge in [-0.15, -0.1) is 0 Å². The summed E-state index contributed by atoms with van der Waals surface area (Å²) in [7, 11) is 0. The predicted molar refractivity (Wildman–Crippen MR) is 65.4 cm³/mol. The third-order valence-electron chi connectivity index (χ3n) is 2.88. The highest BCUT2D eigenvalue weighted by Crippen LogP contribution is 2.37. The zero-order valence-electron chi connectivity index (χ0n) is 8.37. The van der Waals surface area contributed by atoms with Gasteiger partial charge in [-0.3, -0.25) is 0 Å². The van der Waals surface area contributed by atoms with Crippen LogP contribution in [0.5, 0.6) is 0 Å². The summed E-state index contributed by atoms with van der Waals surface area (Å²) in [6, 6.07) is 6.15. The van der Waals surface area contributed by atoms with Gasteiger partial charge in [0.1, 0.15) is 0 Å². The third-order valence-corrected chi connectivity index (χ3v) is 3.93. The van der Waals surface area contributed by atoms with Crippen LogP contribution in [0.4, 0.5) is 5.69 Å². The van der Waals surface area contributed by atoms with E-state index in [4.69, 9.17) is 11.6 Å². The summed E-state index contributed by atoms with van der Waals surface area (Å²) < 4.78 is 3.34. The van der Waals surface area contributed by atoms with Gasteiger partial charge in [0.15, 0.2) is 0 Å². The van der Waals surface area contributed by atoms with Gasteiger partial charge in [-0.2, -0.15) is 0 Å². The number of rotatable bonds is 2. The number of nitrogens with one attached hydrogen (secondary N) is 1. The minimum Gasteiger partial charge on any atom is -0.357 e. The van der Waals surface area contributed by atoms with Gasteiger partial charge >= 0.3 is 0 Å². The lowest BCUT2D eigenvalue weighted by Gasteiger charge is -2.31. The van der Waals surface area contributed by atoms with Gasteiger partial charge in [-0.25, -0.2) is 4.72 Å². The van der Waals surface area contributed by atoms with E-state index in [9.17, 15) is 0 Å². The molecule has 0 saturated heterocycles. The second kappa shape index (κ2) is 3.89. The molecule has 15 heavy (non-hydrogen) atoms. The van der Waals surface area contributed by atoms with Crippen LogP contribution < -0.4 is 9.62 Å². The second-order valence-corrected chi connectivity index (χ2v) is 5.55. The number of nitrogens with zero attached hydrogens (tertiary/aromatic N) is 1. The Bertz CT molecular complexity index is 379. The van der Waals surface area contributed by atoms with E-state index in [0.717, 1.165) is 17.6 Å². The molecule has 0 radical (unpaired) electrons. The predicted octanol–water partition coefficient (Wildman–Crippen LogP) is 3.12. The van der Waals surface area contributed by atoms with Crippen molar-refractivity contribution >= 4 is 29.2 Å². The molecule has 1 saturated carbocycles. The number of benzene rings is 1. The van der Waals surface area contributed by atoms with Crippen LogP contribution in [0.3, 0.4) is 0 Å². The molecule has 1 aromatic carbocycles. The average molecular weight is 241 g/mol. The molecule has 2 aliphatic rings. The normalized spacial score (nSPS) is 20.2. The first-order valence-electron chi connectivity index (χ1n) is 5.27. The van der Waals surface area contributed by atoms with E-state index in [-0.39, 0.29) is 0 Å². The molecule has 0 aromatic heterocycles. The lowest BCUT2D eigenvalue weighted by atomic mass is 10.2. The molecule has 0 amide bonds. The van der Waals surface area contributed by atoms with Crippen molar-refractivity contribution in [3.05, 3.63) is 23.2 Å². The monoisotopic (exact) mass is 240 g/mol. The topological polar surface area (TPSA) is 15.3 Å². The molecular formula is C11H13ClN2S. The summed E-state index contributed by atoms with van der Waals surface area (Å²) in [6.45, 7) is 2.12. The van der Waals surface area contributed by atoms with Gasteiger partial charge in [0, 0.05) is 16.5 Å². The molecule has 0 atom stereocenters. The Morgan fingerprint density at radius 3 is 3.13 bits per heavy atom. The van der Waals surface area contributed by atoms with E-state index in [1.807, 2.05) is 12.1 Å². The summed E-state index contributed by atoms with van der Waals surface area (Å²) in [5, 5.41) is 0.816. The molecule has 0 bridgehead atoms. The van der Waals surface area contributed by atoms with Crippen LogP contribution in [0.15, 0.2) is 23.1 Å². The third kappa shape index (κ3) is 2.10. The fraction of sp³-hybridized carbons (Fsp3) is 0.455. The number of anilines is 1. The Morgan fingerprint density at radius 2 is 2.33 bits per heavy atom. The van der Waals surface area contributed by atoms with Crippen molar-refractivity contribution in [3.63, 3.8) is 0 Å². The number of hydrogen-bond acceptors (Lipinski definition) is 3. The molecule has 0 spiro atoms. The van der Waals surface area contributed by atoms with E-state index in [1.54, 1.807) is 11.9 Å². The summed E-state index contributed by atoms with van der Waals surface area (Å²) in [4.78, 5) is 3.66. The largest absolute Gasteiger partial charge is 0.357 e. The molecule has 1 fully saturated rings. The van der Waals surface area contributed by atoms with Crippen LogP contribution in [0.1, 0.15) is 12.8 Å². The van der Waals surface area contributed by atoms with Crippen molar-refractivity contribution in [1.82, 2.24) is 4.72 Å². The number of hydrogen-bond donors (Lipinski definition) is 1. The molecule has 2 nitrogen and oxygen atoms in total. The van der Waals surface area contributed by atoms with E-state index >= 15 is 0 Å². The zero-order chi connectivity index (χ0) is 10.3. The summed E-state index contributed by atoms with van der Waals surface area (Å²) in [6.07, 6.45) is 2.79. The first kappa shape index (κ1) is 9.82. The molecule has 1 heterocycles. The van der Waals surface area contributed by atoms with E-state index < -0.39 is 0 Å². The van der Waals surface area contributed by atoms with Crippen LogP contribution >= 0.6 is 23.5 Å². The maximum absolute atomic E-state index is 5.98. The molecule has 80 valence electrons. The molecule has 1 aliphatic heterocycles. The van der Waals surface area contributed by atoms with Crippen molar-refractivity contribution < 1.29 is 0 Å². The standard InChI is InChI=1S/C11H13ClN2S/c12-9-3-4-10-11(5-9)15-13-7-14(10)6-8-1-2-8/h3-5,8,13H,1-2,6-7H2. The van der Waals surface area contributed by atoms with Gasteiger partial charge in [-0.05, 0) is 48.9 Å². The lowest BCUT2D eigenvalue weighted by Crippen LogP contribution is -2.36. The summed E-state index contributed by atoms with van der Waals surface area (Å²) >= 11 is 7.66. The molecule has 0 unspecified atom stereocenters. The number of halogens is 1. The highest BCUT2D eigenvalue weighted by Gasteiger charge is 2.26. The van der Waals surface area contributed by atoms with Crippen molar-refractivity contribution in [1.29, 1.82) is 0 Å². The van der Waals surface area contributed by atoms with Gasteiger partial charge in [-0.1, -0.05) is 11.6 Å². The van der Waals surface area contributed by atoms with Crippen molar-refractivity contribution in [2.24, 2.45) is 5.92 Å². The van der Waals surface area contributed by atoms with Crippen molar-refractivity contribution in [3.8, 4) is 0 Å². The minimum absolute atomic E-state index is 0.816. The van der Waals surface area contributed by atoms with Gasteiger partial charge < -0.3 is 4.90 Å². The summed E-state index contributed by atoms with van der Waals surface area (Å²) in [5.41, 5.74) is 1.33. The highest BCUT2D eigenvalue weighted by molar-refractivity contribution is 7.97. The van der Waals surface area contributed by atoms with E-state index in [2.05, 4.69) is 15.7 Å². The van der Waals surface area contributed by atoms with Gasteiger partial charge in [0.05, 0.1) is 12.4 Å². The Morgan fingerprint density at radius 1 is 1.47 bits per heavy atom. The highest BCUT2D eigenvalue weighted by atomic mass is 35.5. The first-order valence-corrected chi connectivity index (χ1v) is 6.46. The molecule has 3 rings (SSSR count). The Balaban J connectivity index is 1.87. The van der Waals surface area contributed by atoms with Crippen LogP contribution in [-0.4, -0.2) is 13.2 Å². The fourth-order valence-electron chi connectivity index (χ4n) is 1.88. The van der Waals surface area contributed by atoms with E-state index in [0.29, 0.717) is 0 Å². The maximum Gasteiger partial charge on any atom is 0.0778 e. The Labute approximate surface area is 99.1 Å². The maximum atomic E-state index is 5.98. The molecule has 1 N–H and O–H groups in total. The molecule has 4 heteroatoms. The summed E-state index contributed by atoms with van der Waals surface area (Å²) in [5.74, 6) is 0.915. The second-order valence-electron chi connectivity index (χ2n) is 4.18. The Hall–Kier alpha value is -0.380. The zero-order valence-corrected chi connectivity index (χ0v) is 9.94. The van der Waals surface area contributed by atoms with Crippen molar-refractivity contribution in [2.75, 3.05) is 18.1 Å². The van der Waals surface area contributed by atoms with Crippen LogP contribution in [0.2, 0.25) is 5.02 Å².